The molecule has 1 saturated heterocycles. The van der Waals surface area contributed by atoms with Crippen LogP contribution >= 0.6 is 15.9 Å². The first-order valence-electron chi connectivity index (χ1n) is 9.11. The van der Waals surface area contributed by atoms with Crippen molar-refractivity contribution in [3.63, 3.8) is 0 Å². The molecule has 6 nitrogen and oxygen atoms in total. The summed E-state index contributed by atoms with van der Waals surface area (Å²) in [5, 5.41) is 30.7. The molecular weight excluding hydrogens is 445 g/mol. The van der Waals surface area contributed by atoms with Crippen molar-refractivity contribution in [2.75, 3.05) is 20.2 Å². The molecule has 2 unspecified atom stereocenters. The summed E-state index contributed by atoms with van der Waals surface area (Å²) in [6, 6.07) is 6.40. The van der Waals surface area contributed by atoms with Crippen molar-refractivity contribution in [1.29, 1.82) is 0 Å². The fourth-order valence-electron chi connectivity index (χ4n) is 4.12. The van der Waals surface area contributed by atoms with Crippen molar-refractivity contribution in [2.24, 2.45) is 0 Å². The van der Waals surface area contributed by atoms with Gasteiger partial charge in [0.25, 0.3) is 0 Å². The standard InChI is InChI=1S/C21H19BrFNO5/c1-24-6-5-10(13(24)9-25)18-14(26)7-15(27)19-16(28)8-17(29-21(18)19)11-3-2-4-12(23)20(11)22/h2-4,7-8,10,13,25-27H,5-6,9H2,1H3. The SMILES string of the molecule is CN1CCC(c2c(O)cc(O)c3c(=O)cc(-c4cccc(F)c4Br)oc23)C1CO. The van der Waals surface area contributed by atoms with Crippen LogP contribution in [0.25, 0.3) is 22.3 Å². The molecule has 1 aliphatic heterocycles. The number of hydrogen-bond acceptors (Lipinski definition) is 6. The molecule has 29 heavy (non-hydrogen) atoms. The van der Waals surface area contributed by atoms with Gasteiger partial charge in [-0.05, 0) is 48.1 Å². The third-order valence-electron chi connectivity index (χ3n) is 5.60. The molecule has 8 heteroatoms. The van der Waals surface area contributed by atoms with Gasteiger partial charge in [-0.2, -0.15) is 0 Å². The summed E-state index contributed by atoms with van der Waals surface area (Å²) in [4.78, 5) is 14.8. The number of likely N-dealkylation sites (tertiary alicyclic amines) is 1. The molecule has 0 spiro atoms. The van der Waals surface area contributed by atoms with Gasteiger partial charge < -0.3 is 24.6 Å². The fraction of sp³-hybridized carbons (Fsp3) is 0.286. The van der Waals surface area contributed by atoms with Crippen LogP contribution < -0.4 is 5.43 Å². The molecule has 4 rings (SSSR count). The Labute approximate surface area is 173 Å². The van der Waals surface area contributed by atoms with Crippen LogP contribution in [0.1, 0.15) is 17.9 Å². The van der Waals surface area contributed by atoms with E-state index in [4.69, 9.17) is 4.42 Å². The number of nitrogens with zero attached hydrogens (tertiary/aromatic N) is 1. The van der Waals surface area contributed by atoms with Gasteiger partial charge in [0, 0.05) is 35.2 Å². The first kappa shape index (κ1) is 19.9. The topological polar surface area (TPSA) is 94.1 Å². The van der Waals surface area contributed by atoms with E-state index in [0.717, 1.165) is 6.07 Å². The second kappa shape index (κ2) is 7.44. The highest BCUT2D eigenvalue weighted by molar-refractivity contribution is 9.10. The Bertz CT molecular complexity index is 1160. The van der Waals surface area contributed by atoms with E-state index in [0.29, 0.717) is 24.1 Å². The Morgan fingerprint density at radius 1 is 1.28 bits per heavy atom. The zero-order valence-corrected chi connectivity index (χ0v) is 17.1. The molecule has 0 saturated carbocycles. The van der Waals surface area contributed by atoms with Crippen molar-refractivity contribution in [3.8, 4) is 22.8 Å². The molecule has 1 fully saturated rings. The number of rotatable bonds is 3. The van der Waals surface area contributed by atoms with Gasteiger partial charge in [0.2, 0.25) is 0 Å². The van der Waals surface area contributed by atoms with Crippen LogP contribution in [-0.2, 0) is 0 Å². The van der Waals surface area contributed by atoms with Gasteiger partial charge >= 0.3 is 0 Å². The van der Waals surface area contributed by atoms with E-state index in [1.54, 1.807) is 6.07 Å². The van der Waals surface area contributed by atoms with E-state index < -0.39 is 17.0 Å². The Balaban J connectivity index is 2.03. The van der Waals surface area contributed by atoms with Gasteiger partial charge in [0.15, 0.2) is 5.43 Å². The van der Waals surface area contributed by atoms with E-state index >= 15 is 0 Å². The fourth-order valence-corrected chi connectivity index (χ4v) is 4.58. The molecule has 3 aromatic rings. The lowest BCUT2D eigenvalue weighted by molar-refractivity contribution is 0.172. The van der Waals surface area contributed by atoms with E-state index in [1.165, 1.54) is 18.2 Å². The van der Waals surface area contributed by atoms with E-state index in [-0.39, 0.29) is 45.5 Å². The summed E-state index contributed by atoms with van der Waals surface area (Å²) in [6.45, 7) is 0.555. The summed E-state index contributed by atoms with van der Waals surface area (Å²) < 4.78 is 20.1. The van der Waals surface area contributed by atoms with Crippen LogP contribution in [-0.4, -0.2) is 46.5 Å². The highest BCUT2D eigenvalue weighted by atomic mass is 79.9. The number of likely N-dealkylation sites (N-methyl/N-ethyl adjacent to an activating group) is 1. The summed E-state index contributed by atoms with van der Waals surface area (Å²) in [6.07, 6.45) is 0.632. The van der Waals surface area contributed by atoms with E-state index in [9.17, 15) is 24.5 Å². The van der Waals surface area contributed by atoms with Gasteiger partial charge in [-0.15, -0.1) is 0 Å². The van der Waals surface area contributed by atoms with E-state index in [1.807, 2.05) is 11.9 Å². The molecule has 3 N–H and O–H groups in total. The number of phenols is 2. The van der Waals surface area contributed by atoms with Crippen LogP contribution in [0, 0.1) is 5.82 Å². The summed E-state index contributed by atoms with van der Waals surface area (Å²) in [7, 11) is 1.87. The van der Waals surface area contributed by atoms with Gasteiger partial charge in [0.05, 0.1) is 11.1 Å². The molecule has 1 aromatic heterocycles. The van der Waals surface area contributed by atoms with Crippen LogP contribution in [0.4, 0.5) is 4.39 Å². The minimum Gasteiger partial charge on any atom is -0.507 e. The first-order valence-corrected chi connectivity index (χ1v) is 9.91. The molecule has 2 atom stereocenters. The number of fused-ring (bicyclic) bond motifs is 1. The number of halogens is 2. The minimum absolute atomic E-state index is 0.0416. The second-order valence-electron chi connectivity index (χ2n) is 7.23. The summed E-state index contributed by atoms with van der Waals surface area (Å²) in [5.41, 5.74) is 0.218. The molecule has 2 aromatic carbocycles. The Hall–Kier alpha value is -2.42. The lowest BCUT2D eigenvalue weighted by atomic mass is 9.89. The maximum absolute atomic E-state index is 14.0. The maximum atomic E-state index is 14.0. The second-order valence-corrected chi connectivity index (χ2v) is 8.03. The Morgan fingerprint density at radius 3 is 2.76 bits per heavy atom. The van der Waals surface area contributed by atoms with Gasteiger partial charge in [-0.1, -0.05) is 6.07 Å². The average Bonchev–Trinajstić information content (AvgIpc) is 3.03. The molecule has 0 radical (unpaired) electrons. The number of benzene rings is 2. The highest BCUT2D eigenvalue weighted by Crippen LogP contribution is 2.44. The average molecular weight is 464 g/mol. The maximum Gasteiger partial charge on any atom is 0.197 e. The predicted octanol–water partition coefficient (Wildman–Crippen LogP) is 3.55. The van der Waals surface area contributed by atoms with Crippen molar-refractivity contribution < 1.29 is 24.1 Å². The van der Waals surface area contributed by atoms with Crippen molar-refractivity contribution >= 4 is 26.9 Å². The van der Waals surface area contributed by atoms with Crippen molar-refractivity contribution in [3.05, 3.63) is 56.4 Å². The summed E-state index contributed by atoms with van der Waals surface area (Å²) >= 11 is 3.17. The van der Waals surface area contributed by atoms with E-state index in [2.05, 4.69) is 15.9 Å². The van der Waals surface area contributed by atoms with Gasteiger partial charge in [-0.25, -0.2) is 4.39 Å². The Kier molecular flexibility index (Phi) is 5.10. The smallest absolute Gasteiger partial charge is 0.197 e. The molecule has 0 amide bonds. The molecule has 0 bridgehead atoms. The molecule has 152 valence electrons. The van der Waals surface area contributed by atoms with Crippen molar-refractivity contribution in [2.45, 2.75) is 18.4 Å². The molecule has 1 aliphatic rings. The monoisotopic (exact) mass is 463 g/mol. The van der Waals surface area contributed by atoms with Gasteiger partial charge in [0.1, 0.15) is 34.0 Å². The zero-order chi connectivity index (χ0) is 20.9. The molecular formula is C21H19BrFNO5. The number of phenolic OH excluding ortho intramolecular Hbond substituents is 2. The third-order valence-corrected chi connectivity index (χ3v) is 6.40. The van der Waals surface area contributed by atoms with Crippen LogP contribution in [0.15, 0.2) is 44.0 Å². The van der Waals surface area contributed by atoms with Crippen LogP contribution in [0.2, 0.25) is 0 Å². The predicted molar refractivity (Wildman–Crippen MR) is 110 cm³/mol. The largest absolute Gasteiger partial charge is 0.507 e. The number of hydrogen-bond donors (Lipinski definition) is 3. The van der Waals surface area contributed by atoms with Crippen LogP contribution in [0.5, 0.6) is 11.5 Å². The number of aromatic hydroxyl groups is 2. The van der Waals surface area contributed by atoms with Crippen LogP contribution in [0.3, 0.4) is 0 Å². The molecule has 0 aliphatic carbocycles. The highest BCUT2D eigenvalue weighted by Gasteiger charge is 2.36. The number of aliphatic hydroxyl groups is 1. The summed E-state index contributed by atoms with van der Waals surface area (Å²) in [5.74, 6) is -1.32. The lowest BCUT2D eigenvalue weighted by Crippen LogP contribution is -2.32. The van der Waals surface area contributed by atoms with Gasteiger partial charge in [-0.3, -0.25) is 4.79 Å². The Morgan fingerprint density at radius 2 is 2.03 bits per heavy atom. The quantitative estimate of drug-likeness (QED) is 0.549. The number of aliphatic hydroxyl groups excluding tert-OH is 1. The minimum atomic E-state index is -0.512. The lowest BCUT2D eigenvalue weighted by Gasteiger charge is -2.24. The normalized spacial score (nSPS) is 19.9. The zero-order valence-electron chi connectivity index (χ0n) is 15.5. The van der Waals surface area contributed by atoms with Crippen molar-refractivity contribution in [1.82, 2.24) is 4.90 Å². The first-order chi connectivity index (χ1) is 13.8. The third kappa shape index (κ3) is 3.21. The molecule has 2 heterocycles.